The highest BCUT2D eigenvalue weighted by atomic mass is 35.5. The topological polar surface area (TPSA) is 75.4 Å². The highest BCUT2D eigenvalue weighted by Gasteiger charge is 2.13. The summed E-state index contributed by atoms with van der Waals surface area (Å²) in [6.07, 6.45) is 0. The highest BCUT2D eigenvalue weighted by molar-refractivity contribution is 6.34. The lowest BCUT2D eigenvalue weighted by Crippen LogP contribution is -2.12. The third kappa shape index (κ3) is 2.57. The molecule has 0 aliphatic rings. The maximum atomic E-state index is 11.8. The second kappa shape index (κ2) is 4.47. The molecule has 1 aromatic heterocycles. The summed E-state index contributed by atoms with van der Waals surface area (Å²) < 4.78 is 4.81. The van der Waals surface area contributed by atoms with Crippen molar-refractivity contribution < 1.29 is 14.4 Å². The summed E-state index contributed by atoms with van der Waals surface area (Å²) in [6.45, 7) is 1.71. The van der Waals surface area contributed by atoms with Crippen molar-refractivity contribution in [1.29, 1.82) is 0 Å². The number of halogens is 1. The second-order valence-corrected chi connectivity index (χ2v) is 3.85. The summed E-state index contributed by atoms with van der Waals surface area (Å²) in [5.74, 6) is 0.393. The number of amides is 1. The predicted octanol–water partition coefficient (Wildman–Crippen LogP) is 2.59. The number of hydrogen-bond donors (Lipinski definition) is 2. The van der Waals surface area contributed by atoms with Gasteiger partial charge in [-0.05, 0) is 25.1 Å². The van der Waals surface area contributed by atoms with Gasteiger partial charge in [-0.1, -0.05) is 16.8 Å². The van der Waals surface area contributed by atoms with Crippen LogP contribution in [0.15, 0.2) is 28.8 Å². The second-order valence-electron chi connectivity index (χ2n) is 3.44. The van der Waals surface area contributed by atoms with E-state index in [1.165, 1.54) is 18.2 Å². The fourth-order valence-corrected chi connectivity index (χ4v) is 1.50. The van der Waals surface area contributed by atoms with E-state index < -0.39 is 5.91 Å². The van der Waals surface area contributed by atoms with E-state index in [2.05, 4.69) is 10.5 Å². The van der Waals surface area contributed by atoms with E-state index in [1.807, 2.05) is 0 Å². The number of phenolic OH excluding ortho intramolecular Hbond substituents is 1. The molecule has 1 aromatic carbocycles. The van der Waals surface area contributed by atoms with E-state index >= 15 is 0 Å². The van der Waals surface area contributed by atoms with Gasteiger partial charge in [0.05, 0.1) is 10.6 Å². The molecule has 0 spiro atoms. The van der Waals surface area contributed by atoms with Gasteiger partial charge in [-0.15, -0.1) is 0 Å². The van der Waals surface area contributed by atoms with Crippen LogP contribution in [-0.2, 0) is 0 Å². The maximum absolute atomic E-state index is 11.8. The maximum Gasteiger partial charge on any atom is 0.258 e. The highest BCUT2D eigenvalue weighted by Crippen LogP contribution is 2.22. The molecule has 0 radical (unpaired) electrons. The van der Waals surface area contributed by atoms with Gasteiger partial charge in [0.15, 0.2) is 5.82 Å². The molecule has 0 fully saturated rings. The Morgan fingerprint density at radius 1 is 1.47 bits per heavy atom. The fraction of sp³-hybridized carbons (Fsp3) is 0.0909. The number of aromatic hydroxyl groups is 1. The first-order valence-electron chi connectivity index (χ1n) is 4.79. The molecule has 0 saturated carbocycles. The lowest BCUT2D eigenvalue weighted by atomic mass is 10.2. The molecule has 1 amide bonds. The van der Waals surface area contributed by atoms with Gasteiger partial charge in [0.25, 0.3) is 5.91 Å². The largest absolute Gasteiger partial charge is 0.508 e. The molecular formula is C11H9ClN2O3. The Morgan fingerprint density at radius 2 is 2.24 bits per heavy atom. The van der Waals surface area contributed by atoms with Gasteiger partial charge in [0.2, 0.25) is 0 Å². The molecule has 17 heavy (non-hydrogen) atoms. The Balaban J connectivity index is 2.22. The zero-order valence-electron chi connectivity index (χ0n) is 8.90. The van der Waals surface area contributed by atoms with Gasteiger partial charge in [-0.25, -0.2) is 0 Å². The number of phenols is 1. The molecule has 2 N–H and O–H groups in total. The number of anilines is 1. The van der Waals surface area contributed by atoms with E-state index in [0.29, 0.717) is 11.6 Å². The summed E-state index contributed by atoms with van der Waals surface area (Å²) in [4.78, 5) is 11.8. The van der Waals surface area contributed by atoms with Crippen LogP contribution in [0, 0.1) is 6.92 Å². The Hall–Kier alpha value is -2.01. The van der Waals surface area contributed by atoms with E-state index in [-0.39, 0.29) is 16.3 Å². The van der Waals surface area contributed by atoms with E-state index in [4.69, 9.17) is 16.1 Å². The number of carbonyl (C=O) groups is 1. The van der Waals surface area contributed by atoms with E-state index in [9.17, 15) is 9.90 Å². The van der Waals surface area contributed by atoms with Crippen LogP contribution in [0.25, 0.3) is 0 Å². The minimum atomic E-state index is -0.459. The molecule has 0 unspecified atom stereocenters. The van der Waals surface area contributed by atoms with Crippen molar-refractivity contribution in [3.05, 3.63) is 40.6 Å². The van der Waals surface area contributed by atoms with Crippen LogP contribution >= 0.6 is 11.6 Å². The molecular weight excluding hydrogens is 244 g/mol. The molecule has 88 valence electrons. The number of aromatic nitrogens is 1. The normalized spacial score (nSPS) is 10.2. The Bertz CT molecular complexity index is 566. The molecule has 0 saturated heterocycles. The summed E-state index contributed by atoms with van der Waals surface area (Å²) in [5.41, 5.74) is 0.173. The summed E-state index contributed by atoms with van der Waals surface area (Å²) >= 11 is 5.85. The van der Waals surface area contributed by atoms with Crippen molar-refractivity contribution in [3.63, 3.8) is 0 Å². The van der Waals surface area contributed by atoms with Crippen LogP contribution in [0.2, 0.25) is 5.02 Å². The molecule has 5 nitrogen and oxygen atoms in total. The van der Waals surface area contributed by atoms with Crippen molar-refractivity contribution >= 4 is 23.3 Å². The number of rotatable bonds is 2. The predicted molar refractivity (Wildman–Crippen MR) is 62.3 cm³/mol. The molecule has 0 bridgehead atoms. The number of nitrogens with one attached hydrogen (secondary N) is 1. The first kappa shape index (κ1) is 11.5. The molecule has 2 rings (SSSR count). The molecule has 1 heterocycles. The first-order chi connectivity index (χ1) is 8.06. The van der Waals surface area contributed by atoms with Crippen LogP contribution in [-0.4, -0.2) is 16.2 Å². The smallest absolute Gasteiger partial charge is 0.258 e. The summed E-state index contributed by atoms with van der Waals surface area (Å²) in [5, 5.41) is 15.7. The van der Waals surface area contributed by atoms with Gasteiger partial charge in [0.1, 0.15) is 11.5 Å². The lowest BCUT2D eigenvalue weighted by Gasteiger charge is -2.04. The SMILES string of the molecule is Cc1cc(NC(=O)c2cc(O)ccc2Cl)no1. The number of aryl methyl sites for hydroxylation is 1. The number of nitrogens with zero attached hydrogens (tertiary/aromatic N) is 1. The van der Waals surface area contributed by atoms with Gasteiger partial charge < -0.3 is 14.9 Å². The third-order valence-corrected chi connectivity index (χ3v) is 2.39. The van der Waals surface area contributed by atoms with Crippen molar-refractivity contribution in [2.24, 2.45) is 0 Å². The molecule has 2 aromatic rings. The Morgan fingerprint density at radius 3 is 2.88 bits per heavy atom. The Kier molecular flexibility index (Phi) is 3.01. The molecule has 6 heteroatoms. The number of benzene rings is 1. The minimum absolute atomic E-state index is 0.0316. The quantitative estimate of drug-likeness (QED) is 0.861. The summed E-state index contributed by atoms with van der Waals surface area (Å²) in [7, 11) is 0. The van der Waals surface area contributed by atoms with Gasteiger partial charge in [-0.2, -0.15) is 0 Å². The van der Waals surface area contributed by atoms with Crippen molar-refractivity contribution in [2.75, 3.05) is 5.32 Å². The van der Waals surface area contributed by atoms with Crippen molar-refractivity contribution in [3.8, 4) is 5.75 Å². The van der Waals surface area contributed by atoms with E-state index in [1.54, 1.807) is 13.0 Å². The number of hydrogen-bond acceptors (Lipinski definition) is 4. The monoisotopic (exact) mass is 252 g/mol. The van der Waals surface area contributed by atoms with Crippen LogP contribution in [0.1, 0.15) is 16.1 Å². The zero-order chi connectivity index (χ0) is 12.4. The van der Waals surface area contributed by atoms with Crippen LogP contribution < -0.4 is 5.32 Å². The molecule has 0 aliphatic heterocycles. The van der Waals surface area contributed by atoms with Gasteiger partial charge in [0, 0.05) is 6.07 Å². The Labute approximate surface area is 102 Å². The third-order valence-electron chi connectivity index (χ3n) is 2.06. The average molecular weight is 253 g/mol. The van der Waals surface area contributed by atoms with Gasteiger partial charge in [-0.3, -0.25) is 4.79 Å². The number of carbonyl (C=O) groups excluding carboxylic acids is 1. The molecule has 0 atom stereocenters. The van der Waals surface area contributed by atoms with Crippen LogP contribution in [0.5, 0.6) is 5.75 Å². The van der Waals surface area contributed by atoms with Crippen LogP contribution in [0.4, 0.5) is 5.82 Å². The minimum Gasteiger partial charge on any atom is -0.508 e. The standard InChI is InChI=1S/C11H9ClN2O3/c1-6-4-10(14-17-6)13-11(16)8-5-7(15)2-3-9(8)12/h2-5,15H,1H3,(H,13,14,16). The van der Waals surface area contributed by atoms with Crippen molar-refractivity contribution in [2.45, 2.75) is 6.92 Å². The first-order valence-corrected chi connectivity index (χ1v) is 5.17. The summed E-state index contributed by atoms with van der Waals surface area (Å²) in [6, 6.07) is 5.71. The van der Waals surface area contributed by atoms with E-state index in [0.717, 1.165) is 0 Å². The fourth-order valence-electron chi connectivity index (χ4n) is 1.30. The average Bonchev–Trinajstić information content (AvgIpc) is 2.67. The van der Waals surface area contributed by atoms with Gasteiger partial charge >= 0.3 is 0 Å². The van der Waals surface area contributed by atoms with Crippen LogP contribution in [0.3, 0.4) is 0 Å². The zero-order valence-corrected chi connectivity index (χ0v) is 9.65. The lowest BCUT2D eigenvalue weighted by molar-refractivity contribution is 0.102. The molecule has 0 aliphatic carbocycles. The van der Waals surface area contributed by atoms with Crippen molar-refractivity contribution in [1.82, 2.24) is 5.16 Å².